The Labute approximate surface area is 173 Å². The van der Waals surface area contributed by atoms with E-state index in [1.165, 1.54) is 0 Å². The molecule has 0 spiro atoms. The summed E-state index contributed by atoms with van der Waals surface area (Å²) in [5.41, 5.74) is 2.32. The van der Waals surface area contributed by atoms with Gasteiger partial charge in [-0.2, -0.15) is 0 Å². The average molecular weight is 399 g/mol. The van der Waals surface area contributed by atoms with Crippen molar-refractivity contribution in [1.29, 1.82) is 0 Å². The summed E-state index contributed by atoms with van der Waals surface area (Å²) in [6.07, 6.45) is -0.259. The first kappa shape index (κ1) is 18.6. The number of para-hydroxylation sites is 2. The number of hydrogen-bond acceptors (Lipinski definition) is 5. The highest BCUT2D eigenvalue weighted by molar-refractivity contribution is 5.92. The Morgan fingerprint density at radius 3 is 2.47 bits per heavy atom. The maximum Gasteiger partial charge on any atom is 0.193 e. The smallest absolute Gasteiger partial charge is 0.193 e. The van der Waals surface area contributed by atoms with Gasteiger partial charge in [0, 0.05) is 24.7 Å². The molecule has 5 rings (SSSR count). The molecule has 30 heavy (non-hydrogen) atoms. The molecule has 1 unspecified atom stereocenters. The lowest BCUT2D eigenvalue weighted by atomic mass is 10.0. The Bertz CT molecular complexity index is 1210. The van der Waals surface area contributed by atoms with Gasteiger partial charge < -0.3 is 19.2 Å². The zero-order chi connectivity index (χ0) is 20.3. The second-order valence-corrected chi connectivity index (χ2v) is 7.20. The van der Waals surface area contributed by atoms with Crippen molar-refractivity contribution in [3.63, 3.8) is 0 Å². The van der Waals surface area contributed by atoms with Crippen LogP contribution in [0.1, 0.15) is 11.9 Å². The maximum atomic E-state index is 12.7. The fraction of sp³-hybridized carbons (Fsp3) is 0.160. The lowest BCUT2D eigenvalue weighted by Crippen LogP contribution is -2.33. The molecule has 1 aromatic heterocycles. The molecule has 1 aliphatic heterocycles. The third-order valence-electron chi connectivity index (χ3n) is 5.16. The summed E-state index contributed by atoms with van der Waals surface area (Å²) in [5, 5.41) is 3.83. The number of hydrogen-bond donors (Lipinski definition) is 1. The van der Waals surface area contributed by atoms with E-state index in [0.717, 1.165) is 29.2 Å². The molecule has 2 heterocycles. The monoisotopic (exact) mass is 399 g/mol. The van der Waals surface area contributed by atoms with Gasteiger partial charge in [-0.3, -0.25) is 4.79 Å². The Morgan fingerprint density at radius 1 is 0.900 bits per heavy atom. The highest BCUT2D eigenvalue weighted by Gasteiger charge is 2.20. The molecule has 0 radical (unpaired) electrons. The summed E-state index contributed by atoms with van der Waals surface area (Å²) >= 11 is 0. The standard InChI is InChI=1S/C25H21NO4/c27-22-15-23(24-16-26-13-14-28-24)30-25-20(7-4-8-21(22)25)17-9-11-19(12-10-17)29-18-5-2-1-3-6-18/h1-12,15,24,26H,13-14,16H2. The molecular formula is C25H21NO4. The molecule has 1 fully saturated rings. The quantitative estimate of drug-likeness (QED) is 0.528. The number of nitrogens with one attached hydrogen (secondary N) is 1. The van der Waals surface area contributed by atoms with E-state index in [1.54, 1.807) is 12.1 Å². The van der Waals surface area contributed by atoms with Gasteiger partial charge in [-0.25, -0.2) is 0 Å². The van der Waals surface area contributed by atoms with Crippen LogP contribution in [0.4, 0.5) is 0 Å². The van der Waals surface area contributed by atoms with Gasteiger partial charge in [0.1, 0.15) is 28.9 Å². The number of fused-ring (bicyclic) bond motifs is 1. The molecule has 5 nitrogen and oxygen atoms in total. The third kappa shape index (κ3) is 3.73. The number of ether oxygens (including phenoxy) is 2. The van der Waals surface area contributed by atoms with E-state index in [9.17, 15) is 4.79 Å². The van der Waals surface area contributed by atoms with Gasteiger partial charge in [0.05, 0.1) is 12.0 Å². The minimum Gasteiger partial charge on any atom is -0.457 e. The van der Waals surface area contributed by atoms with Crippen LogP contribution in [0.15, 0.2) is 88.1 Å². The minimum atomic E-state index is -0.259. The van der Waals surface area contributed by atoms with Gasteiger partial charge in [0.25, 0.3) is 0 Å². The van der Waals surface area contributed by atoms with Crippen molar-refractivity contribution in [2.75, 3.05) is 19.7 Å². The summed E-state index contributed by atoms with van der Waals surface area (Å²) in [4.78, 5) is 12.7. The van der Waals surface area contributed by atoms with Gasteiger partial charge >= 0.3 is 0 Å². The molecule has 0 amide bonds. The number of benzene rings is 3. The van der Waals surface area contributed by atoms with Gasteiger partial charge in [0.15, 0.2) is 5.43 Å². The molecule has 0 aliphatic carbocycles. The number of morpholine rings is 1. The van der Waals surface area contributed by atoms with Crippen molar-refractivity contribution in [1.82, 2.24) is 5.32 Å². The van der Waals surface area contributed by atoms with Crippen LogP contribution in [-0.4, -0.2) is 19.7 Å². The fourth-order valence-corrected chi connectivity index (χ4v) is 3.66. The highest BCUT2D eigenvalue weighted by atomic mass is 16.5. The zero-order valence-electron chi connectivity index (χ0n) is 16.3. The van der Waals surface area contributed by atoms with Crippen LogP contribution in [0, 0.1) is 0 Å². The van der Waals surface area contributed by atoms with Gasteiger partial charge in [-0.05, 0) is 35.9 Å². The number of rotatable bonds is 4. The lowest BCUT2D eigenvalue weighted by molar-refractivity contribution is 0.0145. The predicted octanol–water partition coefficient (Wildman–Crippen LogP) is 4.91. The second-order valence-electron chi connectivity index (χ2n) is 7.20. The Hall–Kier alpha value is -3.41. The molecule has 3 aromatic carbocycles. The molecule has 1 aliphatic rings. The first-order chi connectivity index (χ1) is 14.8. The molecule has 0 saturated carbocycles. The first-order valence-electron chi connectivity index (χ1n) is 10.0. The largest absolute Gasteiger partial charge is 0.457 e. The van der Waals surface area contributed by atoms with Gasteiger partial charge in [-0.15, -0.1) is 0 Å². The minimum absolute atomic E-state index is 0.0636. The van der Waals surface area contributed by atoms with E-state index in [1.807, 2.05) is 66.7 Å². The van der Waals surface area contributed by atoms with E-state index in [4.69, 9.17) is 13.9 Å². The van der Waals surface area contributed by atoms with Gasteiger partial charge in [-0.1, -0.05) is 42.5 Å². The molecule has 1 atom stereocenters. The van der Waals surface area contributed by atoms with Crippen molar-refractivity contribution in [2.45, 2.75) is 6.10 Å². The molecule has 5 heteroatoms. The molecule has 4 aromatic rings. The summed E-state index contributed by atoms with van der Waals surface area (Å²) < 4.78 is 17.8. The van der Waals surface area contributed by atoms with E-state index < -0.39 is 0 Å². The molecule has 150 valence electrons. The third-order valence-corrected chi connectivity index (χ3v) is 5.16. The summed E-state index contributed by atoms with van der Waals surface area (Å²) in [6.45, 7) is 2.02. The van der Waals surface area contributed by atoms with E-state index in [0.29, 0.717) is 29.9 Å². The Morgan fingerprint density at radius 2 is 1.70 bits per heavy atom. The van der Waals surface area contributed by atoms with Crippen LogP contribution in [-0.2, 0) is 4.74 Å². The SMILES string of the molecule is O=c1cc(C2CNCCO2)oc2c(-c3ccc(Oc4ccccc4)cc3)cccc12. The van der Waals surface area contributed by atoms with Crippen molar-refractivity contribution < 1.29 is 13.9 Å². The predicted molar refractivity (Wildman–Crippen MR) is 116 cm³/mol. The van der Waals surface area contributed by atoms with Crippen LogP contribution < -0.4 is 15.5 Å². The Kier molecular flexibility index (Phi) is 5.05. The topological polar surface area (TPSA) is 60.7 Å². The zero-order valence-corrected chi connectivity index (χ0v) is 16.3. The lowest BCUT2D eigenvalue weighted by Gasteiger charge is -2.23. The molecule has 1 N–H and O–H groups in total. The summed E-state index contributed by atoms with van der Waals surface area (Å²) in [7, 11) is 0. The fourth-order valence-electron chi connectivity index (χ4n) is 3.66. The van der Waals surface area contributed by atoms with Crippen molar-refractivity contribution in [3.05, 3.63) is 94.8 Å². The van der Waals surface area contributed by atoms with Crippen molar-refractivity contribution in [2.24, 2.45) is 0 Å². The summed E-state index contributed by atoms with van der Waals surface area (Å²) in [6, 6.07) is 24.6. The van der Waals surface area contributed by atoms with E-state index in [-0.39, 0.29) is 11.5 Å². The van der Waals surface area contributed by atoms with Crippen molar-refractivity contribution in [3.8, 4) is 22.6 Å². The average Bonchev–Trinajstić information content (AvgIpc) is 2.81. The van der Waals surface area contributed by atoms with Crippen LogP contribution in [0.2, 0.25) is 0 Å². The Balaban J connectivity index is 1.52. The van der Waals surface area contributed by atoms with Crippen LogP contribution in [0.3, 0.4) is 0 Å². The van der Waals surface area contributed by atoms with Gasteiger partial charge in [0.2, 0.25) is 0 Å². The van der Waals surface area contributed by atoms with E-state index in [2.05, 4.69) is 5.32 Å². The second kappa shape index (κ2) is 8.14. The maximum absolute atomic E-state index is 12.7. The van der Waals surface area contributed by atoms with Crippen LogP contribution in [0.5, 0.6) is 11.5 Å². The van der Waals surface area contributed by atoms with Crippen LogP contribution >= 0.6 is 0 Å². The molecule has 0 bridgehead atoms. The van der Waals surface area contributed by atoms with Crippen LogP contribution in [0.25, 0.3) is 22.1 Å². The highest BCUT2D eigenvalue weighted by Crippen LogP contribution is 2.32. The van der Waals surface area contributed by atoms with Crippen molar-refractivity contribution >= 4 is 11.0 Å². The van der Waals surface area contributed by atoms with E-state index >= 15 is 0 Å². The molecular weight excluding hydrogens is 378 g/mol. The normalized spacial score (nSPS) is 16.5. The first-order valence-corrected chi connectivity index (χ1v) is 10.0. The summed E-state index contributed by atoms with van der Waals surface area (Å²) in [5.74, 6) is 2.08. The molecule has 1 saturated heterocycles.